The maximum Gasteiger partial charge on any atom is 0.249 e. The van der Waals surface area contributed by atoms with Crippen molar-refractivity contribution in [3.63, 3.8) is 0 Å². The highest BCUT2D eigenvalue weighted by Gasteiger charge is 2.29. The second-order valence-electron chi connectivity index (χ2n) is 6.68. The molecule has 3 nitrogen and oxygen atoms in total. The second-order valence-corrected chi connectivity index (χ2v) is 8.07. The van der Waals surface area contributed by atoms with Crippen LogP contribution in [0.1, 0.15) is 26.2 Å². The SMILES string of the molecule is C=CC1=CC(C)=CCC1N1CCN(C(=O)C2=CC=C(I)CC2)CC1. The number of carbonyl (C=O) groups is 1. The van der Waals surface area contributed by atoms with Crippen LogP contribution in [0, 0.1) is 0 Å². The topological polar surface area (TPSA) is 23.6 Å². The average Bonchev–Trinajstić information content (AvgIpc) is 2.62. The molecule has 0 bridgehead atoms. The lowest BCUT2D eigenvalue weighted by molar-refractivity contribution is -0.129. The zero-order valence-corrected chi connectivity index (χ0v) is 16.5. The van der Waals surface area contributed by atoms with Crippen molar-refractivity contribution < 1.29 is 4.79 Å². The molecule has 0 radical (unpaired) electrons. The molecule has 0 saturated carbocycles. The van der Waals surface area contributed by atoms with Crippen molar-refractivity contribution in [2.24, 2.45) is 0 Å². The first-order valence-corrected chi connectivity index (χ1v) is 9.75. The van der Waals surface area contributed by atoms with Gasteiger partial charge in [0.25, 0.3) is 0 Å². The van der Waals surface area contributed by atoms with Crippen molar-refractivity contribution >= 4 is 28.5 Å². The van der Waals surface area contributed by atoms with E-state index in [0.29, 0.717) is 6.04 Å². The predicted molar refractivity (Wildman–Crippen MR) is 108 cm³/mol. The fourth-order valence-electron chi connectivity index (χ4n) is 3.64. The van der Waals surface area contributed by atoms with E-state index in [2.05, 4.69) is 59.2 Å². The van der Waals surface area contributed by atoms with Gasteiger partial charge in [0, 0.05) is 37.8 Å². The second kappa shape index (κ2) is 7.83. The highest BCUT2D eigenvalue weighted by molar-refractivity contribution is 14.1. The molecule has 1 atom stereocenters. The van der Waals surface area contributed by atoms with Gasteiger partial charge in [0.2, 0.25) is 5.91 Å². The van der Waals surface area contributed by atoms with Crippen molar-refractivity contribution in [2.45, 2.75) is 32.2 Å². The highest BCUT2D eigenvalue weighted by Crippen LogP contribution is 2.27. The number of amides is 1. The summed E-state index contributed by atoms with van der Waals surface area (Å²) in [5, 5.41) is 0. The maximum atomic E-state index is 12.7. The van der Waals surface area contributed by atoms with E-state index in [4.69, 9.17) is 0 Å². The number of rotatable bonds is 3. The molecule has 0 aromatic rings. The van der Waals surface area contributed by atoms with Crippen molar-refractivity contribution in [1.82, 2.24) is 9.80 Å². The Morgan fingerprint density at radius 2 is 2.00 bits per heavy atom. The molecule has 2 aliphatic carbocycles. The van der Waals surface area contributed by atoms with Crippen LogP contribution in [-0.4, -0.2) is 47.9 Å². The quantitative estimate of drug-likeness (QED) is 0.625. The summed E-state index contributed by atoms with van der Waals surface area (Å²) < 4.78 is 1.33. The van der Waals surface area contributed by atoms with E-state index in [9.17, 15) is 4.79 Å². The molecule has 1 heterocycles. The molecule has 4 heteroatoms. The Morgan fingerprint density at radius 3 is 2.62 bits per heavy atom. The third-order valence-electron chi connectivity index (χ3n) is 5.09. The zero-order valence-electron chi connectivity index (χ0n) is 14.3. The standard InChI is InChI=1S/C20H25IN2O/c1-3-16-14-15(2)4-9-19(16)22-10-12-23(13-11-22)20(24)17-5-7-18(21)8-6-17/h3-5,7,14,19H,1,6,8-13H2,2H3. The number of hydrogen-bond acceptors (Lipinski definition) is 2. The third kappa shape index (κ3) is 3.91. The Hall–Kier alpha value is -1.14. The van der Waals surface area contributed by atoms with Gasteiger partial charge >= 0.3 is 0 Å². The average molecular weight is 436 g/mol. The number of piperazine rings is 1. The van der Waals surface area contributed by atoms with Gasteiger partial charge in [0.1, 0.15) is 0 Å². The molecular formula is C20H25IN2O. The predicted octanol–water partition coefficient (Wildman–Crippen LogP) is 4.00. The van der Waals surface area contributed by atoms with E-state index < -0.39 is 0 Å². The highest BCUT2D eigenvalue weighted by atomic mass is 127. The Bertz CT molecular complexity index is 649. The summed E-state index contributed by atoms with van der Waals surface area (Å²) in [7, 11) is 0. The van der Waals surface area contributed by atoms with E-state index >= 15 is 0 Å². The van der Waals surface area contributed by atoms with E-state index in [-0.39, 0.29) is 5.91 Å². The number of hydrogen-bond donors (Lipinski definition) is 0. The molecule has 1 unspecified atom stereocenters. The Labute approximate surface area is 158 Å². The number of allylic oxidation sites excluding steroid dienone is 5. The van der Waals surface area contributed by atoms with Crippen LogP contribution >= 0.6 is 22.6 Å². The van der Waals surface area contributed by atoms with Crippen molar-refractivity contribution in [3.8, 4) is 0 Å². The number of carbonyl (C=O) groups excluding carboxylic acids is 1. The van der Waals surface area contributed by atoms with Gasteiger partial charge in [-0.05, 0) is 57.9 Å². The number of halogens is 1. The van der Waals surface area contributed by atoms with Crippen molar-refractivity contribution in [1.29, 1.82) is 0 Å². The summed E-state index contributed by atoms with van der Waals surface area (Å²) in [6.07, 6.45) is 13.5. The van der Waals surface area contributed by atoms with Crippen LogP contribution in [-0.2, 0) is 4.79 Å². The van der Waals surface area contributed by atoms with E-state index in [1.54, 1.807) is 0 Å². The zero-order chi connectivity index (χ0) is 17.1. The van der Waals surface area contributed by atoms with Crippen LogP contribution < -0.4 is 0 Å². The minimum Gasteiger partial charge on any atom is -0.336 e. The summed E-state index contributed by atoms with van der Waals surface area (Å²) in [6.45, 7) is 9.64. The van der Waals surface area contributed by atoms with Gasteiger partial charge in [-0.15, -0.1) is 0 Å². The van der Waals surface area contributed by atoms with Gasteiger partial charge in [-0.25, -0.2) is 0 Å². The lowest BCUT2D eigenvalue weighted by Crippen LogP contribution is -2.52. The number of nitrogens with zero attached hydrogens (tertiary/aromatic N) is 2. The van der Waals surface area contributed by atoms with Gasteiger partial charge < -0.3 is 4.90 Å². The van der Waals surface area contributed by atoms with Crippen LogP contribution in [0.2, 0.25) is 0 Å². The summed E-state index contributed by atoms with van der Waals surface area (Å²) in [5.41, 5.74) is 3.60. The van der Waals surface area contributed by atoms with Crippen molar-refractivity contribution in [2.75, 3.05) is 26.2 Å². The van der Waals surface area contributed by atoms with Crippen LogP contribution in [0.25, 0.3) is 0 Å². The molecule has 1 amide bonds. The van der Waals surface area contributed by atoms with Gasteiger partial charge in [0.05, 0.1) is 0 Å². The van der Waals surface area contributed by atoms with Crippen LogP contribution in [0.5, 0.6) is 0 Å². The molecule has 1 saturated heterocycles. The first-order valence-electron chi connectivity index (χ1n) is 8.68. The van der Waals surface area contributed by atoms with Crippen LogP contribution in [0.15, 0.2) is 57.3 Å². The summed E-state index contributed by atoms with van der Waals surface area (Å²) >= 11 is 2.35. The van der Waals surface area contributed by atoms with E-state index in [0.717, 1.165) is 51.0 Å². The molecule has 3 rings (SSSR count). The van der Waals surface area contributed by atoms with E-state index in [1.807, 2.05) is 17.1 Å². The van der Waals surface area contributed by atoms with Crippen molar-refractivity contribution in [3.05, 3.63) is 57.3 Å². The minimum absolute atomic E-state index is 0.230. The van der Waals surface area contributed by atoms with Crippen LogP contribution in [0.4, 0.5) is 0 Å². The summed E-state index contributed by atoms with van der Waals surface area (Å²) in [4.78, 5) is 17.2. The lowest BCUT2D eigenvalue weighted by Gasteiger charge is -2.40. The molecule has 0 spiro atoms. The summed E-state index contributed by atoms with van der Waals surface area (Å²) in [5.74, 6) is 0.230. The molecule has 1 aliphatic heterocycles. The van der Waals surface area contributed by atoms with Crippen LogP contribution in [0.3, 0.4) is 0 Å². The molecule has 3 aliphatic rings. The monoisotopic (exact) mass is 436 g/mol. The normalized spacial score (nSPS) is 25.4. The molecule has 0 aromatic heterocycles. The fraction of sp³-hybridized carbons (Fsp3) is 0.450. The molecule has 0 N–H and O–H groups in total. The Kier molecular flexibility index (Phi) is 5.76. The molecule has 1 fully saturated rings. The molecular weight excluding hydrogens is 411 g/mol. The fourth-order valence-corrected chi connectivity index (χ4v) is 4.09. The first kappa shape index (κ1) is 17.7. The third-order valence-corrected chi connectivity index (χ3v) is 5.99. The summed E-state index contributed by atoms with van der Waals surface area (Å²) in [6, 6.07) is 0.418. The Morgan fingerprint density at radius 1 is 1.25 bits per heavy atom. The maximum absolute atomic E-state index is 12.7. The van der Waals surface area contributed by atoms with Gasteiger partial charge in [-0.2, -0.15) is 0 Å². The smallest absolute Gasteiger partial charge is 0.249 e. The molecule has 24 heavy (non-hydrogen) atoms. The van der Waals surface area contributed by atoms with E-state index in [1.165, 1.54) is 14.7 Å². The minimum atomic E-state index is 0.230. The largest absolute Gasteiger partial charge is 0.336 e. The molecule has 0 aromatic carbocycles. The van der Waals surface area contributed by atoms with Gasteiger partial charge in [-0.1, -0.05) is 42.5 Å². The molecule has 128 valence electrons. The Balaban J connectivity index is 1.59. The lowest BCUT2D eigenvalue weighted by atomic mass is 9.93. The van der Waals surface area contributed by atoms with Gasteiger partial charge in [0.15, 0.2) is 0 Å². The van der Waals surface area contributed by atoms with Gasteiger partial charge in [-0.3, -0.25) is 9.69 Å². The first-order chi connectivity index (χ1) is 11.6.